The lowest BCUT2D eigenvalue weighted by molar-refractivity contribution is 0.164. The second-order valence-electron chi connectivity index (χ2n) is 3.32. The van der Waals surface area contributed by atoms with Crippen molar-refractivity contribution in [1.82, 2.24) is 0 Å². The summed E-state index contributed by atoms with van der Waals surface area (Å²) in [5.41, 5.74) is 6.35. The fourth-order valence-electron chi connectivity index (χ4n) is 1.22. The molecule has 0 aliphatic rings. The van der Waals surface area contributed by atoms with Gasteiger partial charge in [-0.3, -0.25) is 0 Å². The summed E-state index contributed by atoms with van der Waals surface area (Å²) < 4.78 is 4.92. The van der Waals surface area contributed by atoms with E-state index in [1.165, 1.54) is 13.2 Å². The fourth-order valence-corrected chi connectivity index (χ4v) is 1.44. The number of halogens is 2. The van der Waals surface area contributed by atoms with Gasteiger partial charge < -0.3 is 20.7 Å². The Morgan fingerprint density at radius 2 is 2.00 bits per heavy atom. The first kappa shape index (κ1) is 15.3. The number of aromatic hydroxyl groups is 1. The summed E-state index contributed by atoms with van der Waals surface area (Å²) in [5.74, 6) is 0.120. The summed E-state index contributed by atoms with van der Waals surface area (Å²) in [6, 6.07) is 2.51. The Balaban J connectivity index is 0.00000225. The van der Waals surface area contributed by atoms with Gasteiger partial charge in [0, 0.05) is 0 Å². The van der Waals surface area contributed by atoms with Gasteiger partial charge in [-0.2, -0.15) is 0 Å². The number of nitrogens with two attached hydrogens (primary N) is 1. The summed E-state index contributed by atoms with van der Waals surface area (Å²) in [6.45, 7) is 1.58. The van der Waals surface area contributed by atoms with Gasteiger partial charge >= 0.3 is 0 Å². The lowest BCUT2D eigenvalue weighted by Gasteiger charge is -2.17. The topological polar surface area (TPSA) is 75.7 Å². The number of hydrogen-bond acceptors (Lipinski definition) is 4. The van der Waals surface area contributed by atoms with Crippen LogP contribution in [0, 0.1) is 0 Å². The number of phenols is 1. The molecule has 2 atom stereocenters. The molecule has 0 fully saturated rings. The summed E-state index contributed by atoms with van der Waals surface area (Å²) in [7, 11) is 1.42. The first-order chi connectivity index (χ1) is 6.97. The third-order valence-electron chi connectivity index (χ3n) is 2.18. The highest BCUT2D eigenvalue weighted by molar-refractivity contribution is 6.32. The predicted molar refractivity (Wildman–Crippen MR) is 65.5 cm³/mol. The van der Waals surface area contributed by atoms with Gasteiger partial charge in [0.1, 0.15) is 0 Å². The molecule has 0 saturated heterocycles. The molecule has 1 aromatic rings. The minimum atomic E-state index is -0.699. The van der Waals surface area contributed by atoms with Gasteiger partial charge in [-0.1, -0.05) is 11.6 Å². The minimum absolute atomic E-state index is 0. The van der Waals surface area contributed by atoms with Gasteiger partial charge in [0.25, 0.3) is 0 Å². The number of benzene rings is 1. The average molecular weight is 268 g/mol. The summed E-state index contributed by atoms with van der Waals surface area (Å²) >= 11 is 5.78. The molecule has 1 rings (SSSR count). The van der Waals surface area contributed by atoms with E-state index in [4.69, 9.17) is 22.1 Å². The highest BCUT2D eigenvalue weighted by Gasteiger charge is 2.16. The number of hydrogen-bond donors (Lipinski definition) is 3. The van der Waals surface area contributed by atoms with E-state index in [1.807, 2.05) is 0 Å². The molecule has 0 bridgehead atoms. The number of methoxy groups -OCH3 is 1. The normalized spacial score (nSPS) is 13.8. The van der Waals surface area contributed by atoms with Crippen LogP contribution in [0.25, 0.3) is 0 Å². The number of ether oxygens (including phenoxy) is 1. The van der Waals surface area contributed by atoms with Crippen LogP contribution in [0.1, 0.15) is 18.5 Å². The molecular weight excluding hydrogens is 253 g/mol. The van der Waals surface area contributed by atoms with Crippen LogP contribution in [0.4, 0.5) is 0 Å². The molecule has 16 heavy (non-hydrogen) atoms. The number of rotatable bonds is 3. The van der Waals surface area contributed by atoms with Gasteiger partial charge in [-0.05, 0) is 24.6 Å². The van der Waals surface area contributed by atoms with E-state index in [1.54, 1.807) is 13.0 Å². The molecule has 0 heterocycles. The van der Waals surface area contributed by atoms with Crippen LogP contribution in [0.15, 0.2) is 12.1 Å². The van der Waals surface area contributed by atoms with Crippen molar-refractivity contribution >= 4 is 24.0 Å². The summed E-state index contributed by atoms with van der Waals surface area (Å²) in [6.07, 6.45) is -0.699. The van der Waals surface area contributed by atoms with Crippen molar-refractivity contribution in [1.29, 1.82) is 0 Å². The van der Waals surface area contributed by atoms with Gasteiger partial charge in [-0.15, -0.1) is 12.4 Å². The molecule has 6 heteroatoms. The van der Waals surface area contributed by atoms with Gasteiger partial charge in [0.15, 0.2) is 11.5 Å². The molecule has 1 aromatic carbocycles. The van der Waals surface area contributed by atoms with Crippen molar-refractivity contribution in [3.63, 3.8) is 0 Å². The Morgan fingerprint density at radius 3 is 2.44 bits per heavy atom. The Labute approximate surface area is 105 Å². The SMILES string of the molecule is COc1cc([C@@H](N)[C@H](C)O)cc(Cl)c1O.Cl. The third-order valence-corrected chi connectivity index (χ3v) is 2.46. The third kappa shape index (κ3) is 3.15. The molecule has 0 aliphatic heterocycles. The monoisotopic (exact) mass is 267 g/mol. The van der Waals surface area contributed by atoms with Crippen LogP contribution >= 0.6 is 24.0 Å². The van der Waals surface area contributed by atoms with Gasteiger partial charge in [0.2, 0.25) is 0 Å². The molecule has 92 valence electrons. The lowest BCUT2D eigenvalue weighted by atomic mass is 10.0. The van der Waals surface area contributed by atoms with Crippen LogP contribution in [-0.4, -0.2) is 23.4 Å². The molecule has 0 aliphatic carbocycles. The second kappa shape index (κ2) is 6.15. The van der Waals surface area contributed by atoms with Crippen molar-refractivity contribution in [2.45, 2.75) is 19.1 Å². The molecule has 0 unspecified atom stereocenters. The first-order valence-corrected chi connectivity index (χ1v) is 4.85. The molecule has 4 N–H and O–H groups in total. The van der Waals surface area contributed by atoms with E-state index >= 15 is 0 Å². The number of phenolic OH excluding ortho intramolecular Hbond substituents is 1. The average Bonchev–Trinajstić information content (AvgIpc) is 2.20. The Hall–Kier alpha value is -0.680. The summed E-state index contributed by atoms with van der Waals surface area (Å²) in [5, 5.41) is 19.0. The largest absolute Gasteiger partial charge is 0.503 e. The van der Waals surface area contributed by atoms with E-state index < -0.39 is 12.1 Å². The van der Waals surface area contributed by atoms with Crippen molar-refractivity contribution in [3.8, 4) is 11.5 Å². The van der Waals surface area contributed by atoms with Crippen LogP contribution < -0.4 is 10.5 Å². The summed E-state index contributed by atoms with van der Waals surface area (Å²) in [4.78, 5) is 0. The zero-order valence-corrected chi connectivity index (χ0v) is 10.5. The Morgan fingerprint density at radius 1 is 1.44 bits per heavy atom. The smallest absolute Gasteiger partial charge is 0.176 e. The van der Waals surface area contributed by atoms with Gasteiger partial charge in [0.05, 0.1) is 24.3 Å². The van der Waals surface area contributed by atoms with Crippen molar-refractivity contribution in [2.75, 3.05) is 7.11 Å². The predicted octanol–water partition coefficient (Wildman–Crippen LogP) is 1.86. The maximum Gasteiger partial charge on any atom is 0.176 e. The number of aliphatic hydroxyl groups is 1. The molecule has 0 radical (unpaired) electrons. The molecule has 0 amide bonds. The highest BCUT2D eigenvalue weighted by Crippen LogP contribution is 2.36. The van der Waals surface area contributed by atoms with Crippen molar-refractivity contribution < 1.29 is 14.9 Å². The first-order valence-electron chi connectivity index (χ1n) is 4.47. The number of aliphatic hydroxyl groups excluding tert-OH is 1. The second-order valence-corrected chi connectivity index (χ2v) is 3.73. The minimum Gasteiger partial charge on any atom is -0.503 e. The van der Waals surface area contributed by atoms with E-state index in [9.17, 15) is 10.2 Å². The van der Waals surface area contributed by atoms with E-state index in [0.29, 0.717) is 5.56 Å². The van der Waals surface area contributed by atoms with Gasteiger partial charge in [-0.25, -0.2) is 0 Å². The van der Waals surface area contributed by atoms with E-state index in [-0.39, 0.29) is 28.9 Å². The highest BCUT2D eigenvalue weighted by atomic mass is 35.5. The fraction of sp³-hybridized carbons (Fsp3) is 0.400. The zero-order valence-electron chi connectivity index (χ0n) is 8.98. The van der Waals surface area contributed by atoms with Crippen molar-refractivity contribution in [3.05, 3.63) is 22.7 Å². The Kier molecular flexibility index (Phi) is 5.89. The quantitative estimate of drug-likeness (QED) is 0.782. The van der Waals surface area contributed by atoms with Crippen LogP contribution in [-0.2, 0) is 0 Å². The van der Waals surface area contributed by atoms with Crippen LogP contribution in [0.3, 0.4) is 0 Å². The lowest BCUT2D eigenvalue weighted by Crippen LogP contribution is -2.23. The molecule has 0 aromatic heterocycles. The molecule has 4 nitrogen and oxygen atoms in total. The van der Waals surface area contributed by atoms with E-state index in [0.717, 1.165) is 0 Å². The van der Waals surface area contributed by atoms with Crippen LogP contribution in [0.5, 0.6) is 11.5 Å². The molecule has 0 spiro atoms. The van der Waals surface area contributed by atoms with Crippen LogP contribution in [0.2, 0.25) is 5.02 Å². The Bertz CT molecular complexity index is 358. The maximum absolute atomic E-state index is 9.48. The van der Waals surface area contributed by atoms with Crippen molar-refractivity contribution in [2.24, 2.45) is 5.73 Å². The molecular formula is C10H15Cl2NO3. The maximum atomic E-state index is 9.48. The zero-order chi connectivity index (χ0) is 11.6. The molecule has 0 saturated carbocycles. The van der Waals surface area contributed by atoms with E-state index in [2.05, 4.69) is 0 Å². The standard InChI is InChI=1S/C10H14ClNO3.ClH/c1-5(13)9(12)6-3-7(11)10(14)8(4-6)15-2;/h3-5,9,13-14H,12H2,1-2H3;1H/t5-,9-;/m0./s1.